The second kappa shape index (κ2) is 6.22. The van der Waals surface area contributed by atoms with Crippen LogP contribution in [0.5, 0.6) is 0 Å². The summed E-state index contributed by atoms with van der Waals surface area (Å²) in [5.41, 5.74) is 1.62. The number of hydrogen-bond acceptors (Lipinski definition) is 5. The van der Waals surface area contributed by atoms with Crippen molar-refractivity contribution >= 4 is 23.1 Å². The zero-order chi connectivity index (χ0) is 14.7. The summed E-state index contributed by atoms with van der Waals surface area (Å²) in [7, 11) is 0. The van der Waals surface area contributed by atoms with Gasteiger partial charge in [0, 0.05) is 11.4 Å². The Morgan fingerprint density at radius 1 is 1.43 bits per heavy atom. The topological polar surface area (TPSA) is 66.9 Å². The number of aryl methyl sites for hydroxylation is 1. The summed E-state index contributed by atoms with van der Waals surface area (Å²) in [6.45, 7) is 2.77. The van der Waals surface area contributed by atoms with E-state index >= 15 is 0 Å². The van der Waals surface area contributed by atoms with Gasteiger partial charge in [-0.3, -0.25) is 4.79 Å². The van der Waals surface area contributed by atoms with Gasteiger partial charge in [0.25, 0.3) is 5.91 Å². The first kappa shape index (κ1) is 14.0. The van der Waals surface area contributed by atoms with Crippen LogP contribution >= 0.6 is 11.3 Å². The van der Waals surface area contributed by atoms with E-state index in [9.17, 15) is 4.79 Å². The van der Waals surface area contributed by atoms with Gasteiger partial charge in [0.2, 0.25) is 0 Å². The molecule has 0 saturated heterocycles. The molecule has 1 unspecified atom stereocenters. The van der Waals surface area contributed by atoms with Gasteiger partial charge in [0.05, 0.1) is 18.4 Å². The molecule has 0 saturated carbocycles. The maximum absolute atomic E-state index is 12.3. The number of carbonyl (C=O) groups excluding carboxylic acids is 1. The number of hydrogen-bond donors (Lipinski definition) is 2. The zero-order valence-corrected chi connectivity index (χ0v) is 12.7. The Hall–Kier alpha value is -1.95. The number of amides is 1. The van der Waals surface area contributed by atoms with Crippen molar-refractivity contribution < 1.29 is 4.79 Å². The van der Waals surface area contributed by atoms with Gasteiger partial charge in [-0.1, -0.05) is 0 Å². The van der Waals surface area contributed by atoms with Crippen molar-refractivity contribution in [3.05, 3.63) is 40.0 Å². The van der Waals surface area contributed by atoms with Gasteiger partial charge in [0.15, 0.2) is 0 Å². The van der Waals surface area contributed by atoms with Crippen molar-refractivity contribution in [2.75, 3.05) is 11.9 Å². The molecule has 5 nitrogen and oxygen atoms in total. The van der Waals surface area contributed by atoms with Gasteiger partial charge in [-0.05, 0) is 43.2 Å². The normalized spacial score (nSPS) is 17.1. The molecule has 0 aromatic carbocycles. The Morgan fingerprint density at radius 2 is 2.33 bits per heavy atom. The van der Waals surface area contributed by atoms with Crippen molar-refractivity contribution in [3.8, 4) is 0 Å². The largest absolute Gasteiger partial charge is 0.369 e. The van der Waals surface area contributed by atoms with E-state index in [1.54, 1.807) is 17.5 Å². The van der Waals surface area contributed by atoms with Crippen LogP contribution in [0.1, 0.15) is 46.7 Å². The van der Waals surface area contributed by atoms with Crippen LogP contribution in [-0.4, -0.2) is 22.4 Å². The van der Waals surface area contributed by atoms with Crippen LogP contribution in [0.25, 0.3) is 0 Å². The van der Waals surface area contributed by atoms with Gasteiger partial charge >= 0.3 is 0 Å². The molecule has 1 amide bonds. The molecule has 2 aromatic rings. The number of carbonyl (C=O) groups is 1. The molecule has 2 aromatic heterocycles. The first-order valence-electron chi connectivity index (χ1n) is 7.21. The van der Waals surface area contributed by atoms with Crippen LogP contribution in [0.4, 0.5) is 5.82 Å². The molecule has 0 radical (unpaired) electrons. The minimum atomic E-state index is -0.158. The number of rotatable bonds is 4. The summed E-state index contributed by atoms with van der Waals surface area (Å²) in [5.74, 6) is 0.529. The number of nitrogens with zero attached hydrogens (tertiary/aromatic N) is 2. The third-order valence-corrected chi connectivity index (χ3v) is 4.60. The average molecular weight is 302 g/mol. The van der Waals surface area contributed by atoms with Crippen LogP contribution < -0.4 is 10.6 Å². The highest BCUT2D eigenvalue weighted by molar-refractivity contribution is 7.10. The fraction of sp³-hybridized carbons (Fsp3) is 0.400. The lowest BCUT2D eigenvalue weighted by molar-refractivity contribution is 0.0927. The molecule has 0 aliphatic heterocycles. The fourth-order valence-electron chi connectivity index (χ4n) is 2.59. The van der Waals surface area contributed by atoms with Crippen molar-refractivity contribution in [3.63, 3.8) is 0 Å². The van der Waals surface area contributed by atoms with Gasteiger partial charge in [-0.2, -0.15) is 0 Å². The summed E-state index contributed by atoms with van der Waals surface area (Å²) in [4.78, 5) is 22.0. The molecule has 1 atom stereocenters. The highest BCUT2D eigenvalue weighted by Crippen LogP contribution is 2.33. The van der Waals surface area contributed by atoms with Crippen LogP contribution in [0.2, 0.25) is 0 Å². The van der Waals surface area contributed by atoms with E-state index in [1.807, 2.05) is 6.92 Å². The van der Waals surface area contributed by atoms with Crippen molar-refractivity contribution in [2.24, 2.45) is 0 Å². The molecule has 2 heterocycles. The van der Waals surface area contributed by atoms with Crippen LogP contribution in [0.3, 0.4) is 0 Å². The second-order valence-electron chi connectivity index (χ2n) is 5.03. The fourth-order valence-corrected chi connectivity index (χ4v) is 3.57. The molecule has 1 aliphatic rings. The lowest BCUT2D eigenvalue weighted by Gasteiger charge is -2.23. The van der Waals surface area contributed by atoms with Crippen LogP contribution in [0, 0.1) is 0 Å². The summed E-state index contributed by atoms with van der Waals surface area (Å²) in [6.07, 6.45) is 6.33. The molecule has 21 heavy (non-hydrogen) atoms. The minimum Gasteiger partial charge on any atom is -0.369 e. The van der Waals surface area contributed by atoms with E-state index in [0.717, 1.165) is 25.8 Å². The Balaban J connectivity index is 1.70. The van der Waals surface area contributed by atoms with Crippen molar-refractivity contribution in [2.45, 2.75) is 32.2 Å². The van der Waals surface area contributed by atoms with E-state index in [4.69, 9.17) is 0 Å². The molecular formula is C15H18N4OS. The molecule has 0 fully saturated rings. The number of anilines is 1. The van der Waals surface area contributed by atoms with Gasteiger partial charge < -0.3 is 10.6 Å². The Labute approximate surface area is 127 Å². The monoisotopic (exact) mass is 302 g/mol. The smallest absolute Gasteiger partial charge is 0.271 e. The summed E-state index contributed by atoms with van der Waals surface area (Å²) >= 11 is 1.77. The quantitative estimate of drug-likeness (QED) is 0.911. The molecular weight excluding hydrogens is 284 g/mol. The van der Waals surface area contributed by atoms with E-state index < -0.39 is 0 Å². The molecule has 2 N–H and O–H groups in total. The highest BCUT2D eigenvalue weighted by atomic mass is 32.1. The van der Waals surface area contributed by atoms with Gasteiger partial charge in [0.1, 0.15) is 11.5 Å². The molecule has 1 aliphatic carbocycles. The molecule has 3 rings (SSSR count). The maximum atomic E-state index is 12.3. The lowest BCUT2D eigenvalue weighted by Crippen LogP contribution is -2.31. The third kappa shape index (κ3) is 3.05. The number of fused-ring (bicyclic) bond motifs is 1. The SMILES string of the molecule is CCNc1cnc(C(=O)NC2CCCc3sccc32)cn1. The summed E-state index contributed by atoms with van der Waals surface area (Å²) < 4.78 is 0. The number of thiophene rings is 1. The predicted molar refractivity (Wildman–Crippen MR) is 83.7 cm³/mol. The van der Waals surface area contributed by atoms with E-state index in [-0.39, 0.29) is 11.9 Å². The van der Waals surface area contributed by atoms with E-state index in [2.05, 4.69) is 32.0 Å². The predicted octanol–water partition coefficient (Wildman–Crippen LogP) is 2.78. The Morgan fingerprint density at radius 3 is 3.10 bits per heavy atom. The van der Waals surface area contributed by atoms with E-state index in [0.29, 0.717) is 11.5 Å². The third-order valence-electron chi connectivity index (χ3n) is 3.60. The molecule has 6 heteroatoms. The number of aromatic nitrogens is 2. The number of nitrogens with one attached hydrogen (secondary N) is 2. The molecule has 0 spiro atoms. The van der Waals surface area contributed by atoms with Crippen LogP contribution in [0.15, 0.2) is 23.8 Å². The summed E-state index contributed by atoms with van der Waals surface area (Å²) in [5, 5.41) is 8.23. The average Bonchev–Trinajstić information content (AvgIpc) is 2.98. The van der Waals surface area contributed by atoms with Gasteiger partial charge in [-0.15, -0.1) is 11.3 Å². The second-order valence-corrected chi connectivity index (χ2v) is 6.04. The summed E-state index contributed by atoms with van der Waals surface area (Å²) in [6, 6.07) is 2.21. The lowest BCUT2D eigenvalue weighted by atomic mass is 9.94. The first-order valence-corrected chi connectivity index (χ1v) is 8.09. The minimum absolute atomic E-state index is 0.0998. The maximum Gasteiger partial charge on any atom is 0.271 e. The zero-order valence-electron chi connectivity index (χ0n) is 11.9. The highest BCUT2D eigenvalue weighted by Gasteiger charge is 2.23. The molecule has 110 valence electrons. The van der Waals surface area contributed by atoms with Crippen molar-refractivity contribution in [1.29, 1.82) is 0 Å². The van der Waals surface area contributed by atoms with Crippen LogP contribution in [-0.2, 0) is 6.42 Å². The molecule has 0 bridgehead atoms. The Bertz CT molecular complexity index is 623. The van der Waals surface area contributed by atoms with Crippen molar-refractivity contribution in [1.82, 2.24) is 15.3 Å². The first-order chi connectivity index (χ1) is 10.3. The van der Waals surface area contributed by atoms with Gasteiger partial charge in [-0.25, -0.2) is 9.97 Å². The van der Waals surface area contributed by atoms with E-state index in [1.165, 1.54) is 16.6 Å². The Kier molecular flexibility index (Phi) is 4.15. The standard InChI is InChI=1S/C15H18N4OS/c1-2-16-14-9-17-12(8-18-14)15(20)19-11-4-3-5-13-10(11)6-7-21-13/h6-9,11H,2-5H2,1H3,(H,16,18)(H,19,20).